The highest BCUT2D eigenvalue weighted by molar-refractivity contribution is 7.84. The van der Waals surface area contributed by atoms with Gasteiger partial charge in [0.15, 0.2) is 0 Å². The number of carbonyl (C=O) groups is 1. The minimum absolute atomic E-state index is 0.156. The summed E-state index contributed by atoms with van der Waals surface area (Å²) in [6, 6.07) is 4.06. The van der Waals surface area contributed by atoms with Gasteiger partial charge < -0.3 is 10.4 Å². The molecule has 1 amide bonds. The Morgan fingerprint density at radius 1 is 1.59 bits per heavy atom. The van der Waals surface area contributed by atoms with E-state index in [1.54, 1.807) is 13.2 Å². The van der Waals surface area contributed by atoms with E-state index in [-0.39, 0.29) is 17.4 Å². The third-order valence-electron chi connectivity index (χ3n) is 2.07. The van der Waals surface area contributed by atoms with Crippen molar-refractivity contribution < 1.29 is 14.1 Å². The van der Waals surface area contributed by atoms with Gasteiger partial charge in [-0.15, -0.1) is 0 Å². The van der Waals surface area contributed by atoms with Crippen LogP contribution in [0.5, 0.6) is 5.75 Å². The predicted octanol–water partition coefficient (Wildman–Crippen LogP) is 1.54. The molecule has 2 N–H and O–H groups in total. The van der Waals surface area contributed by atoms with Gasteiger partial charge in [0, 0.05) is 33.9 Å². The molecule has 17 heavy (non-hydrogen) atoms. The molecular formula is C11H14ClNO3S. The quantitative estimate of drug-likeness (QED) is 0.876. The fraction of sp³-hybridized carbons (Fsp3) is 0.364. The first-order valence-corrected chi connectivity index (χ1v) is 7.10. The Kier molecular flexibility index (Phi) is 4.96. The first-order chi connectivity index (χ1) is 7.90. The SMILES string of the molecule is CC(CS(C)=O)NC(=O)c1ccc(Cl)cc1O. The van der Waals surface area contributed by atoms with Gasteiger partial charge in [0.1, 0.15) is 5.75 Å². The minimum atomic E-state index is -0.976. The van der Waals surface area contributed by atoms with Gasteiger partial charge in [0.05, 0.1) is 5.56 Å². The predicted molar refractivity (Wildman–Crippen MR) is 69.0 cm³/mol. The van der Waals surface area contributed by atoms with E-state index in [0.717, 1.165) is 0 Å². The number of rotatable bonds is 4. The van der Waals surface area contributed by atoms with Gasteiger partial charge >= 0.3 is 0 Å². The number of halogens is 1. The summed E-state index contributed by atoms with van der Waals surface area (Å²) in [4.78, 5) is 11.8. The van der Waals surface area contributed by atoms with Crippen LogP contribution in [0.25, 0.3) is 0 Å². The van der Waals surface area contributed by atoms with Crippen molar-refractivity contribution in [1.82, 2.24) is 5.32 Å². The molecule has 2 atom stereocenters. The van der Waals surface area contributed by atoms with Crippen molar-refractivity contribution in [2.24, 2.45) is 0 Å². The molecule has 0 aliphatic rings. The first-order valence-electron chi connectivity index (χ1n) is 4.99. The van der Waals surface area contributed by atoms with Crippen LogP contribution < -0.4 is 5.32 Å². The van der Waals surface area contributed by atoms with Crippen molar-refractivity contribution in [3.8, 4) is 5.75 Å². The Balaban J connectivity index is 2.73. The van der Waals surface area contributed by atoms with E-state index in [1.807, 2.05) is 0 Å². The molecular weight excluding hydrogens is 262 g/mol. The summed E-state index contributed by atoms with van der Waals surface area (Å²) in [7, 11) is -0.976. The van der Waals surface area contributed by atoms with Crippen LogP contribution in [0.1, 0.15) is 17.3 Å². The Labute approximate surface area is 107 Å². The molecule has 0 spiro atoms. The van der Waals surface area contributed by atoms with E-state index in [1.165, 1.54) is 18.2 Å². The zero-order valence-corrected chi connectivity index (χ0v) is 11.1. The molecule has 4 nitrogen and oxygen atoms in total. The van der Waals surface area contributed by atoms with Crippen molar-refractivity contribution in [2.45, 2.75) is 13.0 Å². The number of amides is 1. The second-order valence-corrected chi connectivity index (χ2v) is 5.69. The molecule has 0 aromatic heterocycles. The molecule has 1 aromatic rings. The van der Waals surface area contributed by atoms with Gasteiger partial charge in [-0.25, -0.2) is 0 Å². The van der Waals surface area contributed by atoms with Gasteiger partial charge in [0.2, 0.25) is 0 Å². The van der Waals surface area contributed by atoms with Crippen molar-refractivity contribution >= 4 is 28.3 Å². The summed E-state index contributed by atoms with van der Waals surface area (Å²) in [5.41, 5.74) is 0.156. The van der Waals surface area contributed by atoms with E-state index in [2.05, 4.69) is 5.32 Å². The monoisotopic (exact) mass is 275 g/mol. The number of aromatic hydroxyl groups is 1. The fourth-order valence-corrected chi connectivity index (χ4v) is 2.35. The lowest BCUT2D eigenvalue weighted by Gasteiger charge is -2.13. The molecule has 0 fully saturated rings. The Hall–Kier alpha value is -1.07. The molecule has 0 saturated carbocycles. The number of phenols is 1. The normalized spacial score (nSPS) is 14.1. The van der Waals surface area contributed by atoms with Crippen LogP contribution in [-0.2, 0) is 10.8 Å². The Bertz CT molecular complexity index is 450. The highest BCUT2D eigenvalue weighted by Gasteiger charge is 2.14. The molecule has 0 radical (unpaired) electrons. The van der Waals surface area contributed by atoms with Gasteiger partial charge in [-0.1, -0.05) is 11.6 Å². The van der Waals surface area contributed by atoms with E-state index >= 15 is 0 Å². The summed E-state index contributed by atoms with van der Waals surface area (Å²) >= 11 is 5.66. The zero-order valence-electron chi connectivity index (χ0n) is 9.57. The Morgan fingerprint density at radius 3 is 2.76 bits per heavy atom. The first kappa shape index (κ1) is 14.0. The smallest absolute Gasteiger partial charge is 0.255 e. The lowest BCUT2D eigenvalue weighted by molar-refractivity contribution is 0.0941. The van der Waals surface area contributed by atoms with Crippen LogP contribution in [0.3, 0.4) is 0 Å². The third-order valence-corrected chi connectivity index (χ3v) is 3.27. The van der Waals surface area contributed by atoms with Crippen molar-refractivity contribution in [2.75, 3.05) is 12.0 Å². The molecule has 94 valence electrons. The second-order valence-electron chi connectivity index (χ2n) is 3.78. The summed E-state index contributed by atoms with van der Waals surface area (Å²) in [5, 5.41) is 12.6. The molecule has 0 saturated heterocycles. The van der Waals surface area contributed by atoms with E-state index < -0.39 is 16.7 Å². The molecule has 1 rings (SSSR count). The van der Waals surface area contributed by atoms with Crippen molar-refractivity contribution in [1.29, 1.82) is 0 Å². The maximum Gasteiger partial charge on any atom is 0.255 e. The number of benzene rings is 1. The fourth-order valence-electron chi connectivity index (χ4n) is 1.39. The van der Waals surface area contributed by atoms with Crippen LogP contribution in [-0.4, -0.2) is 33.3 Å². The van der Waals surface area contributed by atoms with Crippen molar-refractivity contribution in [3.05, 3.63) is 28.8 Å². The van der Waals surface area contributed by atoms with Gasteiger partial charge in [-0.05, 0) is 25.1 Å². The maximum atomic E-state index is 11.8. The minimum Gasteiger partial charge on any atom is -0.507 e. The molecule has 0 aliphatic carbocycles. The molecule has 6 heteroatoms. The number of hydrogen-bond acceptors (Lipinski definition) is 3. The summed E-state index contributed by atoms with van der Waals surface area (Å²) < 4.78 is 11.0. The lowest BCUT2D eigenvalue weighted by Crippen LogP contribution is -2.36. The zero-order chi connectivity index (χ0) is 13.0. The van der Waals surface area contributed by atoms with Crippen LogP contribution in [0, 0.1) is 0 Å². The second kappa shape index (κ2) is 6.02. The lowest BCUT2D eigenvalue weighted by atomic mass is 10.2. The van der Waals surface area contributed by atoms with E-state index in [4.69, 9.17) is 11.6 Å². The molecule has 0 aliphatic heterocycles. The maximum absolute atomic E-state index is 11.8. The van der Waals surface area contributed by atoms with Crippen LogP contribution in [0.15, 0.2) is 18.2 Å². The van der Waals surface area contributed by atoms with Crippen molar-refractivity contribution in [3.63, 3.8) is 0 Å². The van der Waals surface area contributed by atoms with Gasteiger partial charge in [-0.2, -0.15) is 0 Å². The summed E-state index contributed by atoms with van der Waals surface area (Å²) in [5.74, 6) is -0.197. The van der Waals surface area contributed by atoms with Crippen LogP contribution in [0.4, 0.5) is 0 Å². The van der Waals surface area contributed by atoms with Gasteiger partial charge in [0.25, 0.3) is 5.91 Å². The molecule has 1 aromatic carbocycles. The Morgan fingerprint density at radius 2 is 2.24 bits per heavy atom. The van der Waals surface area contributed by atoms with Crippen LogP contribution >= 0.6 is 11.6 Å². The topological polar surface area (TPSA) is 66.4 Å². The average Bonchev–Trinajstić information content (AvgIpc) is 2.15. The highest BCUT2D eigenvalue weighted by atomic mass is 35.5. The number of phenolic OH excluding ortho intramolecular Hbond substituents is 1. The highest BCUT2D eigenvalue weighted by Crippen LogP contribution is 2.21. The van der Waals surface area contributed by atoms with E-state index in [0.29, 0.717) is 10.8 Å². The molecule has 0 heterocycles. The number of carbonyl (C=O) groups excluding carboxylic acids is 1. The van der Waals surface area contributed by atoms with Crippen LogP contribution in [0.2, 0.25) is 5.02 Å². The summed E-state index contributed by atoms with van der Waals surface area (Å²) in [6.07, 6.45) is 1.57. The molecule has 0 bridgehead atoms. The van der Waals surface area contributed by atoms with Gasteiger partial charge in [-0.3, -0.25) is 9.00 Å². The summed E-state index contributed by atoms with van der Waals surface area (Å²) in [6.45, 7) is 1.76. The third kappa shape index (κ3) is 4.36. The average molecular weight is 276 g/mol. The standard InChI is InChI=1S/C11H14ClNO3S/c1-7(6-17(2)16)13-11(15)9-4-3-8(12)5-10(9)14/h3-5,7,14H,6H2,1-2H3,(H,13,15). The number of hydrogen-bond donors (Lipinski definition) is 2. The number of nitrogens with one attached hydrogen (secondary N) is 1. The van der Waals surface area contributed by atoms with E-state index in [9.17, 15) is 14.1 Å². The molecule has 2 unspecified atom stereocenters. The largest absolute Gasteiger partial charge is 0.507 e.